The molecule has 0 bridgehead atoms. The van der Waals surface area contributed by atoms with Crippen molar-refractivity contribution in [3.05, 3.63) is 64.4 Å². The summed E-state index contributed by atoms with van der Waals surface area (Å²) >= 11 is 3.39. The second-order valence-electron chi connectivity index (χ2n) is 4.89. The predicted octanol–water partition coefficient (Wildman–Crippen LogP) is 3.05. The molecule has 1 aromatic carbocycles. The van der Waals surface area contributed by atoms with Crippen molar-refractivity contribution in [3.63, 3.8) is 0 Å². The average Bonchev–Trinajstić information content (AvgIpc) is 2.59. The van der Waals surface area contributed by atoms with Crippen LogP contribution >= 0.6 is 15.9 Å². The molecule has 6 heteroatoms. The molecule has 0 atom stereocenters. The minimum Gasteiger partial charge on any atom is -0.469 e. The SMILES string of the molecule is COC(=O)CCN(Cc1cccnc1)C(=O)c1ccccc1Br. The van der Waals surface area contributed by atoms with Crippen LogP contribution in [0.15, 0.2) is 53.3 Å². The maximum absolute atomic E-state index is 12.8. The number of aromatic nitrogens is 1. The van der Waals surface area contributed by atoms with Gasteiger partial charge in [-0.3, -0.25) is 14.6 Å². The number of halogens is 1. The number of carbonyl (C=O) groups is 2. The fraction of sp³-hybridized carbons (Fsp3) is 0.235. The predicted molar refractivity (Wildman–Crippen MR) is 89.8 cm³/mol. The summed E-state index contributed by atoms with van der Waals surface area (Å²) in [5, 5.41) is 0. The van der Waals surface area contributed by atoms with E-state index in [0.717, 1.165) is 10.0 Å². The summed E-state index contributed by atoms with van der Waals surface area (Å²) in [6.07, 6.45) is 3.53. The lowest BCUT2D eigenvalue weighted by Crippen LogP contribution is -2.33. The molecule has 2 rings (SSSR count). The number of pyridine rings is 1. The van der Waals surface area contributed by atoms with Gasteiger partial charge in [0.1, 0.15) is 0 Å². The first-order valence-electron chi connectivity index (χ1n) is 7.11. The van der Waals surface area contributed by atoms with E-state index in [-0.39, 0.29) is 24.8 Å². The molecule has 0 aliphatic rings. The third kappa shape index (κ3) is 4.89. The van der Waals surface area contributed by atoms with Crippen LogP contribution in [0, 0.1) is 0 Å². The number of hydrogen-bond acceptors (Lipinski definition) is 4. The Bertz CT molecular complexity index is 677. The number of carbonyl (C=O) groups excluding carboxylic acids is 2. The van der Waals surface area contributed by atoms with E-state index in [1.54, 1.807) is 29.4 Å². The van der Waals surface area contributed by atoms with E-state index >= 15 is 0 Å². The lowest BCUT2D eigenvalue weighted by Gasteiger charge is -2.23. The molecule has 0 saturated heterocycles. The van der Waals surface area contributed by atoms with Crippen molar-refractivity contribution in [1.29, 1.82) is 0 Å². The van der Waals surface area contributed by atoms with Crippen molar-refractivity contribution in [2.24, 2.45) is 0 Å². The van der Waals surface area contributed by atoms with Crippen molar-refractivity contribution in [2.75, 3.05) is 13.7 Å². The molecule has 0 unspecified atom stereocenters. The second kappa shape index (κ2) is 8.43. The summed E-state index contributed by atoms with van der Waals surface area (Å²) < 4.78 is 5.38. The van der Waals surface area contributed by atoms with E-state index in [1.165, 1.54) is 7.11 Å². The van der Waals surface area contributed by atoms with E-state index in [1.807, 2.05) is 24.3 Å². The van der Waals surface area contributed by atoms with Gasteiger partial charge in [-0.25, -0.2) is 0 Å². The van der Waals surface area contributed by atoms with Crippen molar-refractivity contribution in [3.8, 4) is 0 Å². The van der Waals surface area contributed by atoms with E-state index in [9.17, 15) is 9.59 Å². The summed E-state index contributed by atoms with van der Waals surface area (Å²) in [4.78, 5) is 29.9. The number of methoxy groups -OCH3 is 1. The first-order chi connectivity index (χ1) is 11.1. The van der Waals surface area contributed by atoms with Gasteiger partial charge in [-0.05, 0) is 39.7 Å². The smallest absolute Gasteiger partial charge is 0.307 e. The second-order valence-corrected chi connectivity index (χ2v) is 5.75. The van der Waals surface area contributed by atoms with E-state index < -0.39 is 0 Å². The van der Waals surface area contributed by atoms with Gasteiger partial charge in [-0.1, -0.05) is 18.2 Å². The number of nitrogens with zero attached hydrogens (tertiary/aromatic N) is 2. The first kappa shape index (κ1) is 17.1. The van der Waals surface area contributed by atoms with Crippen LogP contribution in [0.3, 0.4) is 0 Å². The molecule has 0 aliphatic carbocycles. The molecule has 1 heterocycles. The number of esters is 1. The Balaban J connectivity index is 2.20. The molecule has 5 nitrogen and oxygen atoms in total. The van der Waals surface area contributed by atoms with E-state index in [2.05, 4.69) is 25.7 Å². The number of benzene rings is 1. The van der Waals surface area contributed by atoms with Gasteiger partial charge in [0, 0.05) is 30.0 Å². The molecular formula is C17H17BrN2O3. The van der Waals surface area contributed by atoms with Crippen molar-refractivity contribution in [2.45, 2.75) is 13.0 Å². The Hall–Kier alpha value is -2.21. The molecule has 23 heavy (non-hydrogen) atoms. The highest BCUT2D eigenvalue weighted by Crippen LogP contribution is 2.19. The van der Waals surface area contributed by atoms with Crippen molar-refractivity contribution < 1.29 is 14.3 Å². The lowest BCUT2D eigenvalue weighted by atomic mass is 10.1. The summed E-state index contributed by atoms with van der Waals surface area (Å²) in [6.45, 7) is 0.659. The molecule has 1 amide bonds. The zero-order valence-corrected chi connectivity index (χ0v) is 14.3. The van der Waals surface area contributed by atoms with Crippen LogP contribution in [0.1, 0.15) is 22.3 Å². The molecule has 120 valence electrons. The minimum absolute atomic E-state index is 0.146. The summed E-state index contributed by atoms with van der Waals surface area (Å²) in [5.41, 5.74) is 1.46. The molecule has 0 spiro atoms. The van der Waals surface area contributed by atoms with Gasteiger partial charge in [0.2, 0.25) is 0 Å². The monoisotopic (exact) mass is 376 g/mol. The Morgan fingerprint density at radius 3 is 2.65 bits per heavy atom. The van der Waals surface area contributed by atoms with Crippen LogP contribution in [0.25, 0.3) is 0 Å². The van der Waals surface area contributed by atoms with Gasteiger partial charge in [0.25, 0.3) is 5.91 Å². The number of ether oxygens (including phenoxy) is 1. The molecule has 0 radical (unpaired) electrons. The van der Waals surface area contributed by atoms with Crippen LogP contribution in [0.4, 0.5) is 0 Å². The Labute approximate surface area is 143 Å². The maximum atomic E-state index is 12.8. The normalized spacial score (nSPS) is 10.2. The van der Waals surface area contributed by atoms with E-state index in [0.29, 0.717) is 12.1 Å². The maximum Gasteiger partial charge on any atom is 0.307 e. The highest BCUT2D eigenvalue weighted by atomic mass is 79.9. The molecular weight excluding hydrogens is 360 g/mol. The van der Waals surface area contributed by atoms with Crippen LogP contribution in [0.5, 0.6) is 0 Å². The fourth-order valence-electron chi connectivity index (χ4n) is 2.10. The third-order valence-electron chi connectivity index (χ3n) is 3.30. The number of amides is 1. The summed E-state index contributed by atoms with van der Waals surface area (Å²) in [7, 11) is 1.34. The highest BCUT2D eigenvalue weighted by Gasteiger charge is 2.19. The first-order valence-corrected chi connectivity index (χ1v) is 7.90. The Morgan fingerprint density at radius 1 is 1.22 bits per heavy atom. The number of rotatable bonds is 6. The van der Waals surface area contributed by atoms with Crippen molar-refractivity contribution in [1.82, 2.24) is 9.88 Å². The van der Waals surface area contributed by atoms with Crippen LogP contribution in [-0.2, 0) is 16.1 Å². The van der Waals surface area contributed by atoms with Crippen LogP contribution in [0.2, 0.25) is 0 Å². The Morgan fingerprint density at radius 2 is 2.00 bits per heavy atom. The zero-order chi connectivity index (χ0) is 16.7. The van der Waals surface area contributed by atoms with Gasteiger partial charge in [0.15, 0.2) is 0 Å². The zero-order valence-electron chi connectivity index (χ0n) is 12.7. The largest absolute Gasteiger partial charge is 0.469 e. The van der Waals surface area contributed by atoms with Crippen LogP contribution in [-0.4, -0.2) is 35.4 Å². The molecule has 0 saturated carbocycles. The third-order valence-corrected chi connectivity index (χ3v) is 3.99. The topological polar surface area (TPSA) is 59.5 Å². The minimum atomic E-state index is -0.346. The number of hydrogen-bond donors (Lipinski definition) is 0. The molecule has 0 aliphatic heterocycles. The van der Waals surface area contributed by atoms with Gasteiger partial charge in [0.05, 0.1) is 19.1 Å². The van der Waals surface area contributed by atoms with Gasteiger partial charge in [-0.15, -0.1) is 0 Å². The van der Waals surface area contributed by atoms with E-state index in [4.69, 9.17) is 0 Å². The van der Waals surface area contributed by atoms with Gasteiger partial charge >= 0.3 is 5.97 Å². The highest BCUT2D eigenvalue weighted by molar-refractivity contribution is 9.10. The van der Waals surface area contributed by atoms with Gasteiger partial charge in [-0.2, -0.15) is 0 Å². The quantitative estimate of drug-likeness (QED) is 0.726. The van der Waals surface area contributed by atoms with Crippen LogP contribution < -0.4 is 0 Å². The Kier molecular flexibility index (Phi) is 6.29. The molecule has 0 N–H and O–H groups in total. The molecule has 2 aromatic rings. The molecule has 0 fully saturated rings. The lowest BCUT2D eigenvalue weighted by molar-refractivity contribution is -0.140. The summed E-state index contributed by atoms with van der Waals surface area (Å²) in [6, 6.07) is 10.9. The fourth-order valence-corrected chi connectivity index (χ4v) is 2.55. The van der Waals surface area contributed by atoms with Gasteiger partial charge < -0.3 is 9.64 Å². The summed E-state index contributed by atoms with van der Waals surface area (Å²) in [5.74, 6) is -0.494. The average molecular weight is 377 g/mol. The standard InChI is InChI=1S/C17H17BrN2O3/c1-23-16(21)8-10-20(12-13-5-4-9-19-11-13)17(22)14-6-2-3-7-15(14)18/h2-7,9,11H,8,10,12H2,1H3. The molecule has 1 aromatic heterocycles. The van der Waals surface area contributed by atoms with Crippen molar-refractivity contribution >= 4 is 27.8 Å².